The molecule has 0 saturated heterocycles. The van der Waals surface area contributed by atoms with E-state index in [0.717, 1.165) is 42.2 Å². The molecule has 2 aromatic heterocycles. The van der Waals surface area contributed by atoms with E-state index in [1.807, 2.05) is 38.0 Å². The third-order valence-electron chi connectivity index (χ3n) is 4.30. The molecule has 0 aliphatic carbocycles. The fourth-order valence-corrected chi connectivity index (χ4v) is 3.00. The lowest BCUT2D eigenvalue weighted by atomic mass is 10.1. The molecule has 112 valence electrons. The maximum Gasteiger partial charge on any atom is 0.224 e. The molecule has 3 heterocycles. The average molecular weight is 287 g/mol. The summed E-state index contributed by atoms with van der Waals surface area (Å²) in [6.07, 6.45) is 6.07. The Balaban J connectivity index is 1.62. The largest absolute Gasteiger partial charge is 0.351 e. The van der Waals surface area contributed by atoms with Crippen LogP contribution in [-0.4, -0.2) is 31.3 Å². The molecule has 2 aromatic rings. The van der Waals surface area contributed by atoms with Gasteiger partial charge >= 0.3 is 0 Å². The van der Waals surface area contributed by atoms with Crippen molar-refractivity contribution in [2.24, 2.45) is 7.05 Å². The van der Waals surface area contributed by atoms with Crippen molar-refractivity contribution >= 4 is 5.91 Å². The first-order chi connectivity index (χ1) is 10.0. The van der Waals surface area contributed by atoms with Crippen molar-refractivity contribution < 1.29 is 4.79 Å². The van der Waals surface area contributed by atoms with Gasteiger partial charge in [-0.1, -0.05) is 0 Å². The Hall–Kier alpha value is -2.11. The van der Waals surface area contributed by atoms with Gasteiger partial charge in [-0.2, -0.15) is 5.10 Å². The first kappa shape index (κ1) is 13.9. The SMILES string of the molecule is Cc1nn(C)c(C)c1CC(=O)NC1CCc2nccn2C1. The molecule has 3 rings (SSSR count). The summed E-state index contributed by atoms with van der Waals surface area (Å²) in [4.78, 5) is 16.6. The summed E-state index contributed by atoms with van der Waals surface area (Å²) in [5.74, 6) is 1.18. The third-order valence-corrected chi connectivity index (χ3v) is 4.30. The lowest BCUT2D eigenvalue weighted by molar-refractivity contribution is -0.121. The highest BCUT2D eigenvalue weighted by atomic mass is 16.1. The second kappa shape index (κ2) is 5.35. The second-order valence-electron chi connectivity index (χ2n) is 5.75. The molecular weight excluding hydrogens is 266 g/mol. The topological polar surface area (TPSA) is 64.7 Å². The van der Waals surface area contributed by atoms with E-state index < -0.39 is 0 Å². The summed E-state index contributed by atoms with van der Waals surface area (Å²) in [6.45, 7) is 4.76. The number of amides is 1. The van der Waals surface area contributed by atoms with E-state index in [4.69, 9.17) is 0 Å². The van der Waals surface area contributed by atoms with Crippen molar-refractivity contribution in [3.8, 4) is 0 Å². The minimum absolute atomic E-state index is 0.0720. The first-order valence-corrected chi connectivity index (χ1v) is 7.33. The Kier molecular flexibility index (Phi) is 3.53. The van der Waals surface area contributed by atoms with E-state index in [1.165, 1.54) is 0 Å². The predicted molar refractivity (Wildman–Crippen MR) is 78.9 cm³/mol. The van der Waals surface area contributed by atoms with Crippen molar-refractivity contribution in [1.29, 1.82) is 0 Å². The molecular formula is C15H21N5O. The van der Waals surface area contributed by atoms with Crippen LogP contribution in [-0.2, 0) is 31.2 Å². The number of hydrogen-bond donors (Lipinski definition) is 1. The van der Waals surface area contributed by atoms with Gasteiger partial charge in [0.05, 0.1) is 12.1 Å². The fourth-order valence-electron chi connectivity index (χ4n) is 3.00. The number of rotatable bonds is 3. The molecule has 0 fully saturated rings. The van der Waals surface area contributed by atoms with Crippen LogP contribution in [0.4, 0.5) is 0 Å². The van der Waals surface area contributed by atoms with Gasteiger partial charge in [0, 0.05) is 49.7 Å². The molecule has 1 aliphatic heterocycles. The van der Waals surface area contributed by atoms with Crippen LogP contribution in [0, 0.1) is 13.8 Å². The molecule has 6 nitrogen and oxygen atoms in total. The molecule has 0 radical (unpaired) electrons. The van der Waals surface area contributed by atoms with Crippen molar-refractivity contribution in [2.75, 3.05) is 0 Å². The summed E-state index contributed by atoms with van der Waals surface area (Å²) in [7, 11) is 1.91. The highest BCUT2D eigenvalue weighted by Gasteiger charge is 2.21. The van der Waals surface area contributed by atoms with Crippen molar-refractivity contribution in [3.63, 3.8) is 0 Å². The van der Waals surface area contributed by atoms with Gasteiger partial charge in [0.1, 0.15) is 5.82 Å². The van der Waals surface area contributed by atoms with Gasteiger partial charge in [0.25, 0.3) is 0 Å². The molecule has 1 unspecified atom stereocenters. The predicted octanol–water partition coefficient (Wildman–Crippen LogP) is 0.907. The van der Waals surface area contributed by atoms with Crippen molar-refractivity contribution in [3.05, 3.63) is 35.2 Å². The first-order valence-electron chi connectivity index (χ1n) is 7.33. The van der Waals surface area contributed by atoms with E-state index in [1.54, 1.807) is 0 Å². The van der Waals surface area contributed by atoms with Crippen LogP contribution in [0.15, 0.2) is 12.4 Å². The van der Waals surface area contributed by atoms with Crippen LogP contribution in [0.2, 0.25) is 0 Å². The Morgan fingerprint density at radius 3 is 3.00 bits per heavy atom. The maximum absolute atomic E-state index is 12.3. The number of nitrogens with one attached hydrogen (secondary N) is 1. The summed E-state index contributed by atoms with van der Waals surface area (Å²) in [5, 5.41) is 7.49. The Labute approximate surface area is 124 Å². The molecule has 6 heteroatoms. The molecule has 0 bridgehead atoms. The minimum atomic E-state index is 0.0720. The van der Waals surface area contributed by atoms with Crippen LogP contribution in [0.1, 0.15) is 29.2 Å². The summed E-state index contributed by atoms with van der Waals surface area (Å²) < 4.78 is 3.95. The number of hydrogen-bond acceptors (Lipinski definition) is 3. The number of fused-ring (bicyclic) bond motifs is 1. The van der Waals surface area contributed by atoms with E-state index in [-0.39, 0.29) is 11.9 Å². The van der Waals surface area contributed by atoms with Gasteiger partial charge in [-0.3, -0.25) is 9.48 Å². The third kappa shape index (κ3) is 2.70. The Morgan fingerprint density at radius 2 is 2.29 bits per heavy atom. The highest BCUT2D eigenvalue weighted by Crippen LogP contribution is 2.15. The number of imidazole rings is 1. The van der Waals surface area contributed by atoms with Gasteiger partial charge in [-0.15, -0.1) is 0 Å². The van der Waals surface area contributed by atoms with Gasteiger partial charge < -0.3 is 9.88 Å². The monoisotopic (exact) mass is 287 g/mol. The fraction of sp³-hybridized carbons (Fsp3) is 0.533. The smallest absolute Gasteiger partial charge is 0.224 e. The second-order valence-corrected chi connectivity index (χ2v) is 5.75. The van der Waals surface area contributed by atoms with Crippen LogP contribution < -0.4 is 5.32 Å². The number of nitrogens with zero attached hydrogens (tertiary/aromatic N) is 4. The molecule has 1 N–H and O–H groups in total. The molecule has 1 atom stereocenters. The van der Waals surface area contributed by atoms with E-state index >= 15 is 0 Å². The normalized spacial score (nSPS) is 17.6. The number of carbonyl (C=O) groups excluding carboxylic acids is 1. The molecule has 1 amide bonds. The van der Waals surface area contributed by atoms with Gasteiger partial charge in [0.2, 0.25) is 5.91 Å². The minimum Gasteiger partial charge on any atom is -0.351 e. The summed E-state index contributed by atoms with van der Waals surface area (Å²) >= 11 is 0. The van der Waals surface area contributed by atoms with Crippen LogP contribution in [0.25, 0.3) is 0 Å². The van der Waals surface area contributed by atoms with Crippen molar-refractivity contribution in [2.45, 2.75) is 45.7 Å². The summed E-state index contributed by atoms with van der Waals surface area (Å²) in [6, 6.07) is 0.191. The molecule has 0 aromatic carbocycles. The molecule has 0 spiro atoms. The lowest BCUT2D eigenvalue weighted by Crippen LogP contribution is -2.41. The van der Waals surface area contributed by atoms with Crippen LogP contribution >= 0.6 is 0 Å². The lowest BCUT2D eigenvalue weighted by Gasteiger charge is -2.24. The zero-order valence-electron chi connectivity index (χ0n) is 12.8. The maximum atomic E-state index is 12.3. The van der Waals surface area contributed by atoms with Crippen LogP contribution in [0.5, 0.6) is 0 Å². The zero-order valence-corrected chi connectivity index (χ0v) is 12.8. The quantitative estimate of drug-likeness (QED) is 0.912. The van der Waals surface area contributed by atoms with Crippen LogP contribution in [0.3, 0.4) is 0 Å². The van der Waals surface area contributed by atoms with Gasteiger partial charge in [-0.25, -0.2) is 4.98 Å². The number of aromatic nitrogens is 4. The van der Waals surface area contributed by atoms with E-state index in [0.29, 0.717) is 6.42 Å². The van der Waals surface area contributed by atoms with Gasteiger partial charge in [0.15, 0.2) is 0 Å². The standard InChI is InChI=1S/C15H21N5O/c1-10-13(11(2)19(3)18-10)8-15(21)17-12-4-5-14-16-6-7-20(14)9-12/h6-7,12H,4-5,8-9H2,1-3H3,(H,17,21). The summed E-state index contributed by atoms with van der Waals surface area (Å²) in [5.41, 5.74) is 3.03. The van der Waals surface area contributed by atoms with E-state index in [2.05, 4.69) is 20.0 Å². The van der Waals surface area contributed by atoms with Gasteiger partial charge in [-0.05, 0) is 20.3 Å². The average Bonchev–Trinajstić information content (AvgIpc) is 2.99. The Bertz CT molecular complexity index is 670. The highest BCUT2D eigenvalue weighted by molar-refractivity contribution is 5.79. The Morgan fingerprint density at radius 1 is 1.48 bits per heavy atom. The van der Waals surface area contributed by atoms with Crippen molar-refractivity contribution in [1.82, 2.24) is 24.6 Å². The molecule has 1 aliphatic rings. The molecule has 0 saturated carbocycles. The van der Waals surface area contributed by atoms with E-state index in [9.17, 15) is 4.79 Å². The molecule has 21 heavy (non-hydrogen) atoms. The number of aryl methyl sites for hydroxylation is 3. The zero-order chi connectivity index (χ0) is 15.0. The number of carbonyl (C=O) groups is 1.